The van der Waals surface area contributed by atoms with Crippen molar-refractivity contribution >= 4 is 11.7 Å². The molecule has 0 atom stereocenters. The Morgan fingerprint density at radius 3 is 3.00 bits per heavy atom. The predicted molar refractivity (Wildman–Crippen MR) is 63.8 cm³/mol. The number of aryl methyl sites for hydroxylation is 1. The highest BCUT2D eigenvalue weighted by Crippen LogP contribution is 2.08. The van der Waals surface area contributed by atoms with Crippen molar-refractivity contribution in [3.63, 3.8) is 0 Å². The maximum Gasteiger partial charge on any atom is 0.226 e. The summed E-state index contributed by atoms with van der Waals surface area (Å²) in [5.74, 6) is 1.15. The number of carbonyl (C=O) groups is 1. The van der Waals surface area contributed by atoms with E-state index >= 15 is 0 Å². The van der Waals surface area contributed by atoms with E-state index < -0.39 is 0 Å². The van der Waals surface area contributed by atoms with Gasteiger partial charge in [0.1, 0.15) is 5.76 Å². The Morgan fingerprint density at radius 2 is 2.47 bits per heavy atom. The molecule has 1 aromatic rings. The number of carbonyl (C=O) groups excluding carboxylic acids is 1. The molecule has 0 aromatic carbocycles. The highest BCUT2D eigenvalue weighted by molar-refractivity contribution is 5.89. The van der Waals surface area contributed by atoms with Crippen LogP contribution in [0.15, 0.2) is 10.6 Å². The van der Waals surface area contributed by atoms with Crippen LogP contribution in [0, 0.1) is 6.92 Å². The van der Waals surface area contributed by atoms with Gasteiger partial charge in [0.05, 0.1) is 0 Å². The Balaban J connectivity index is 1.70. The van der Waals surface area contributed by atoms with Gasteiger partial charge < -0.3 is 20.1 Å². The summed E-state index contributed by atoms with van der Waals surface area (Å²) in [4.78, 5) is 13.8. The van der Waals surface area contributed by atoms with Crippen LogP contribution in [0.3, 0.4) is 0 Å². The lowest BCUT2D eigenvalue weighted by atomic mass is 10.1. The van der Waals surface area contributed by atoms with Crippen LogP contribution in [0.4, 0.5) is 5.82 Å². The molecular weight excluding hydrogens is 220 g/mol. The fourth-order valence-electron chi connectivity index (χ4n) is 1.68. The fraction of sp³-hybridized carbons (Fsp3) is 0.636. The van der Waals surface area contributed by atoms with Gasteiger partial charge in [-0.05, 0) is 14.0 Å². The SMILES string of the molecule is Cc1cc(NC(=O)CCN(C)C2CNC2)no1. The molecular formula is C11H18N4O2. The first-order valence-electron chi connectivity index (χ1n) is 5.79. The van der Waals surface area contributed by atoms with Crippen molar-refractivity contribution in [2.75, 3.05) is 32.0 Å². The normalized spacial score (nSPS) is 15.9. The topological polar surface area (TPSA) is 70.4 Å². The Bertz CT molecular complexity index is 387. The minimum Gasteiger partial charge on any atom is -0.360 e. The standard InChI is InChI=1S/C11H18N4O2/c1-8-5-10(14-17-8)13-11(16)3-4-15(2)9-6-12-7-9/h5,9,12H,3-4,6-7H2,1-2H3,(H,13,14,16). The largest absolute Gasteiger partial charge is 0.360 e. The van der Waals surface area contributed by atoms with Crippen molar-refractivity contribution in [3.05, 3.63) is 11.8 Å². The van der Waals surface area contributed by atoms with Crippen LogP contribution in [-0.2, 0) is 4.79 Å². The van der Waals surface area contributed by atoms with Crippen LogP contribution in [0.2, 0.25) is 0 Å². The van der Waals surface area contributed by atoms with Crippen molar-refractivity contribution in [1.29, 1.82) is 0 Å². The smallest absolute Gasteiger partial charge is 0.226 e. The third kappa shape index (κ3) is 3.28. The maximum atomic E-state index is 11.6. The average Bonchev–Trinajstić information content (AvgIpc) is 2.58. The van der Waals surface area contributed by atoms with Crippen molar-refractivity contribution < 1.29 is 9.32 Å². The Hall–Kier alpha value is -1.40. The first-order valence-corrected chi connectivity index (χ1v) is 5.79. The van der Waals surface area contributed by atoms with E-state index in [1.54, 1.807) is 13.0 Å². The predicted octanol–water partition coefficient (Wildman–Crippen LogP) is 0.215. The van der Waals surface area contributed by atoms with E-state index in [-0.39, 0.29) is 5.91 Å². The lowest BCUT2D eigenvalue weighted by Crippen LogP contribution is -2.56. The summed E-state index contributed by atoms with van der Waals surface area (Å²) >= 11 is 0. The summed E-state index contributed by atoms with van der Waals surface area (Å²) < 4.78 is 4.87. The summed E-state index contributed by atoms with van der Waals surface area (Å²) in [5.41, 5.74) is 0. The van der Waals surface area contributed by atoms with Crippen molar-refractivity contribution in [3.8, 4) is 0 Å². The van der Waals surface area contributed by atoms with Crippen LogP contribution in [0.5, 0.6) is 0 Å². The van der Waals surface area contributed by atoms with Crippen molar-refractivity contribution in [1.82, 2.24) is 15.4 Å². The zero-order valence-corrected chi connectivity index (χ0v) is 10.2. The van der Waals surface area contributed by atoms with E-state index in [9.17, 15) is 4.79 Å². The monoisotopic (exact) mass is 238 g/mol. The molecule has 2 rings (SSSR count). The van der Waals surface area contributed by atoms with Gasteiger partial charge in [0, 0.05) is 38.2 Å². The van der Waals surface area contributed by atoms with Crippen LogP contribution < -0.4 is 10.6 Å². The fourth-order valence-corrected chi connectivity index (χ4v) is 1.68. The van der Waals surface area contributed by atoms with Crippen LogP contribution in [-0.4, -0.2) is 48.7 Å². The number of amides is 1. The molecule has 6 heteroatoms. The van der Waals surface area contributed by atoms with Crippen molar-refractivity contribution in [2.24, 2.45) is 0 Å². The van der Waals surface area contributed by atoms with E-state index in [0.29, 0.717) is 24.0 Å². The number of anilines is 1. The van der Waals surface area contributed by atoms with Gasteiger partial charge >= 0.3 is 0 Å². The number of hydrogen-bond acceptors (Lipinski definition) is 5. The van der Waals surface area contributed by atoms with Gasteiger partial charge in [0.2, 0.25) is 5.91 Å². The third-order valence-electron chi connectivity index (χ3n) is 2.97. The highest BCUT2D eigenvalue weighted by atomic mass is 16.5. The quantitative estimate of drug-likeness (QED) is 0.767. The minimum atomic E-state index is -0.0302. The summed E-state index contributed by atoms with van der Waals surface area (Å²) in [6, 6.07) is 2.27. The molecule has 0 saturated carbocycles. The molecule has 1 aliphatic heterocycles. The van der Waals surface area contributed by atoms with E-state index in [2.05, 4.69) is 20.7 Å². The molecule has 1 saturated heterocycles. The van der Waals surface area contributed by atoms with Crippen LogP contribution >= 0.6 is 0 Å². The summed E-state index contributed by atoms with van der Waals surface area (Å²) in [5, 5.41) is 9.63. The first kappa shape index (κ1) is 12.1. The molecule has 2 heterocycles. The van der Waals surface area contributed by atoms with E-state index in [1.165, 1.54) is 0 Å². The second-order valence-electron chi connectivity index (χ2n) is 4.41. The summed E-state index contributed by atoms with van der Waals surface area (Å²) in [6.07, 6.45) is 0.471. The molecule has 0 unspecified atom stereocenters. The lowest BCUT2D eigenvalue weighted by Gasteiger charge is -2.35. The average molecular weight is 238 g/mol. The number of likely N-dealkylation sites (N-methyl/N-ethyl adjacent to an activating group) is 1. The number of nitrogens with zero attached hydrogens (tertiary/aromatic N) is 2. The van der Waals surface area contributed by atoms with Gasteiger partial charge in [-0.25, -0.2) is 0 Å². The van der Waals surface area contributed by atoms with Gasteiger partial charge in [-0.1, -0.05) is 5.16 Å². The molecule has 1 aliphatic rings. The van der Waals surface area contributed by atoms with Gasteiger partial charge in [0.15, 0.2) is 5.82 Å². The zero-order chi connectivity index (χ0) is 12.3. The number of aromatic nitrogens is 1. The molecule has 0 aliphatic carbocycles. The maximum absolute atomic E-state index is 11.6. The van der Waals surface area contributed by atoms with E-state index in [1.807, 2.05) is 7.05 Å². The molecule has 0 radical (unpaired) electrons. The third-order valence-corrected chi connectivity index (χ3v) is 2.97. The Morgan fingerprint density at radius 1 is 1.71 bits per heavy atom. The first-order chi connectivity index (χ1) is 8.15. The van der Waals surface area contributed by atoms with Gasteiger partial charge in [-0.2, -0.15) is 0 Å². The second kappa shape index (κ2) is 5.29. The summed E-state index contributed by atoms with van der Waals surface area (Å²) in [6.45, 7) is 4.58. The van der Waals surface area contributed by atoms with Gasteiger partial charge in [0.25, 0.3) is 0 Å². The lowest BCUT2D eigenvalue weighted by molar-refractivity contribution is -0.116. The molecule has 17 heavy (non-hydrogen) atoms. The molecule has 0 spiro atoms. The second-order valence-corrected chi connectivity index (χ2v) is 4.41. The number of nitrogens with one attached hydrogen (secondary N) is 2. The Kier molecular flexibility index (Phi) is 3.75. The van der Waals surface area contributed by atoms with Gasteiger partial charge in [-0.3, -0.25) is 4.79 Å². The van der Waals surface area contributed by atoms with Crippen molar-refractivity contribution in [2.45, 2.75) is 19.4 Å². The van der Waals surface area contributed by atoms with Gasteiger partial charge in [-0.15, -0.1) is 0 Å². The molecule has 6 nitrogen and oxygen atoms in total. The Labute approximate surface area is 100 Å². The van der Waals surface area contributed by atoms with Crippen LogP contribution in [0.25, 0.3) is 0 Å². The molecule has 0 bridgehead atoms. The molecule has 94 valence electrons. The molecule has 1 amide bonds. The minimum absolute atomic E-state index is 0.0302. The zero-order valence-electron chi connectivity index (χ0n) is 10.2. The number of hydrogen-bond donors (Lipinski definition) is 2. The number of rotatable bonds is 5. The highest BCUT2D eigenvalue weighted by Gasteiger charge is 2.21. The van der Waals surface area contributed by atoms with E-state index in [0.717, 1.165) is 19.6 Å². The molecule has 2 N–H and O–H groups in total. The molecule has 1 fully saturated rings. The molecule has 1 aromatic heterocycles. The van der Waals surface area contributed by atoms with E-state index in [4.69, 9.17) is 4.52 Å². The summed E-state index contributed by atoms with van der Waals surface area (Å²) in [7, 11) is 2.04. The van der Waals surface area contributed by atoms with Crippen LogP contribution in [0.1, 0.15) is 12.2 Å².